The topological polar surface area (TPSA) is 105 Å². The average molecular weight is 262 g/mol. The van der Waals surface area contributed by atoms with Gasteiger partial charge in [0, 0.05) is 11.5 Å². The van der Waals surface area contributed by atoms with Crippen LogP contribution in [0.3, 0.4) is 0 Å². The summed E-state index contributed by atoms with van der Waals surface area (Å²) in [5.74, 6) is -0.534. The van der Waals surface area contributed by atoms with Crippen LogP contribution in [0.5, 0.6) is 5.75 Å². The molecule has 100 valence electrons. The Morgan fingerprint density at radius 3 is 2.79 bits per heavy atom. The number of aromatic amines is 1. The van der Waals surface area contributed by atoms with E-state index in [-0.39, 0.29) is 12.0 Å². The number of benzene rings is 1. The van der Waals surface area contributed by atoms with Crippen molar-refractivity contribution in [3.63, 3.8) is 0 Å². The highest BCUT2D eigenvalue weighted by molar-refractivity contribution is 5.88. The van der Waals surface area contributed by atoms with Crippen LogP contribution in [-0.4, -0.2) is 29.2 Å². The van der Waals surface area contributed by atoms with Crippen molar-refractivity contribution in [3.8, 4) is 5.75 Å². The molecule has 0 amide bonds. The van der Waals surface area contributed by atoms with E-state index < -0.39 is 12.0 Å². The summed E-state index contributed by atoms with van der Waals surface area (Å²) in [4.78, 5) is 24.9. The van der Waals surface area contributed by atoms with Gasteiger partial charge in [-0.25, -0.2) is 0 Å². The van der Waals surface area contributed by atoms with E-state index in [0.29, 0.717) is 11.3 Å². The minimum absolute atomic E-state index is 0.182. The molecule has 6 heteroatoms. The van der Waals surface area contributed by atoms with Crippen molar-refractivity contribution in [3.05, 3.63) is 40.2 Å². The number of aromatic nitrogens is 1. The minimum atomic E-state index is -1.06. The van der Waals surface area contributed by atoms with Crippen molar-refractivity contribution < 1.29 is 14.6 Å². The first-order valence-corrected chi connectivity index (χ1v) is 5.70. The third kappa shape index (κ3) is 2.58. The van der Waals surface area contributed by atoms with E-state index >= 15 is 0 Å². The van der Waals surface area contributed by atoms with Crippen LogP contribution in [0.25, 0.3) is 10.9 Å². The maximum Gasteiger partial charge on any atom is 0.320 e. The number of fused-ring (bicyclic) bond motifs is 1. The Kier molecular flexibility index (Phi) is 3.52. The molecule has 0 fully saturated rings. The number of methoxy groups -OCH3 is 1. The lowest BCUT2D eigenvalue weighted by molar-refractivity contribution is -0.138. The number of carboxylic acids is 1. The van der Waals surface area contributed by atoms with Crippen molar-refractivity contribution in [2.45, 2.75) is 12.5 Å². The van der Waals surface area contributed by atoms with Gasteiger partial charge in [0.2, 0.25) is 5.56 Å². The molecule has 0 radical (unpaired) electrons. The smallest absolute Gasteiger partial charge is 0.320 e. The van der Waals surface area contributed by atoms with Gasteiger partial charge in [0.1, 0.15) is 11.8 Å². The Bertz CT molecular complexity index is 678. The fourth-order valence-electron chi connectivity index (χ4n) is 1.96. The van der Waals surface area contributed by atoms with Gasteiger partial charge in [-0.2, -0.15) is 0 Å². The van der Waals surface area contributed by atoms with Crippen LogP contribution in [0, 0.1) is 0 Å². The molecular weight excluding hydrogens is 248 g/mol. The zero-order valence-electron chi connectivity index (χ0n) is 10.3. The van der Waals surface area contributed by atoms with E-state index in [0.717, 1.165) is 10.9 Å². The van der Waals surface area contributed by atoms with Gasteiger partial charge in [-0.15, -0.1) is 0 Å². The van der Waals surface area contributed by atoms with Gasteiger partial charge in [0.15, 0.2) is 0 Å². The highest BCUT2D eigenvalue weighted by atomic mass is 16.5. The summed E-state index contributed by atoms with van der Waals surface area (Å²) in [6, 6.07) is 5.48. The zero-order valence-corrected chi connectivity index (χ0v) is 10.3. The van der Waals surface area contributed by atoms with E-state index in [4.69, 9.17) is 15.6 Å². The first kappa shape index (κ1) is 13.1. The Labute approximate surface area is 108 Å². The largest absolute Gasteiger partial charge is 0.495 e. The molecule has 0 saturated carbocycles. The first-order valence-electron chi connectivity index (χ1n) is 5.70. The van der Waals surface area contributed by atoms with E-state index in [2.05, 4.69) is 4.98 Å². The van der Waals surface area contributed by atoms with Gasteiger partial charge in [-0.05, 0) is 24.1 Å². The van der Waals surface area contributed by atoms with E-state index in [1.165, 1.54) is 13.2 Å². The number of H-pyrrole nitrogens is 1. The summed E-state index contributed by atoms with van der Waals surface area (Å²) in [5.41, 5.74) is 6.59. The second kappa shape index (κ2) is 5.11. The number of pyridine rings is 1. The maximum atomic E-state index is 11.4. The SMILES string of the molecule is COc1ccc(CC(N)C(=O)O)c2ccc(=O)[nH]c12. The molecule has 0 spiro atoms. The molecule has 6 nitrogen and oxygen atoms in total. The van der Waals surface area contributed by atoms with Gasteiger partial charge >= 0.3 is 5.97 Å². The van der Waals surface area contributed by atoms with Gasteiger partial charge in [0.25, 0.3) is 0 Å². The van der Waals surface area contributed by atoms with E-state index in [1.54, 1.807) is 18.2 Å². The molecule has 0 saturated heterocycles. The Balaban J connectivity index is 2.57. The van der Waals surface area contributed by atoms with Gasteiger partial charge in [-0.1, -0.05) is 6.07 Å². The summed E-state index contributed by atoms with van der Waals surface area (Å²) in [6.07, 6.45) is 0.182. The van der Waals surface area contributed by atoms with Crippen LogP contribution < -0.4 is 16.0 Å². The first-order chi connectivity index (χ1) is 9.02. The van der Waals surface area contributed by atoms with Crippen molar-refractivity contribution in [2.75, 3.05) is 7.11 Å². The summed E-state index contributed by atoms with van der Waals surface area (Å²) in [6.45, 7) is 0. The van der Waals surface area contributed by atoms with Gasteiger partial charge in [-0.3, -0.25) is 9.59 Å². The molecule has 1 unspecified atom stereocenters. The Morgan fingerprint density at radius 2 is 2.16 bits per heavy atom. The van der Waals surface area contributed by atoms with Crippen molar-refractivity contribution in [1.82, 2.24) is 4.98 Å². The Morgan fingerprint density at radius 1 is 1.42 bits per heavy atom. The number of hydrogen-bond donors (Lipinski definition) is 3. The maximum absolute atomic E-state index is 11.4. The molecule has 0 aliphatic rings. The summed E-state index contributed by atoms with van der Waals surface area (Å²) < 4.78 is 5.17. The predicted octanol–water partition coefficient (Wildman–Crippen LogP) is 0.491. The molecule has 0 bridgehead atoms. The Hall–Kier alpha value is -2.34. The number of nitrogens with one attached hydrogen (secondary N) is 1. The molecule has 1 atom stereocenters. The number of nitrogens with two attached hydrogens (primary N) is 1. The van der Waals surface area contributed by atoms with Crippen LogP contribution >= 0.6 is 0 Å². The second-order valence-electron chi connectivity index (χ2n) is 4.19. The standard InChI is InChI=1S/C13H14N2O4/c1-19-10-4-2-7(6-9(14)13(17)18)8-3-5-11(16)15-12(8)10/h2-5,9H,6,14H2,1H3,(H,15,16)(H,17,18). The second-order valence-corrected chi connectivity index (χ2v) is 4.19. The minimum Gasteiger partial charge on any atom is -0.495 e. The van der Waals surface area contributed by atoms with Crippen molar-refractivity contribution in [2.24, 2.45) is 5.73 Å². The number of rotatable bonds is 4. The van der Waals surface area contributed by atoms with Crippen LogP contribution in [0.15, 0.2) is 29.1 Å². The third-order valence-corrected chi connectivity index (χ3v) is 2.92. The lowest BCUT2D eigenvalue weighted by atomic mass is 10.0. The van der Waals surface area contributed by atoms with Gasteiger partial charge < -0.3 is 20.6 Å². The monoisotopic (exact) mass is 262 g/mol. The molecule has 2 aromatic rings. The molecule has 1 aromatic heterocycles. The quantitative estimate of drug-likeness (QED) is 0.743. The molecule has 4 N–H and O–H groups in total. The van der Waals surface area contributed by atoms with Crippen molar-refractivity contribution in [1.29, 1.82) is 0 Å². The molecule has 1 aromatic carbocycles. The van der Waals surface area contributed by atoms with E-state index in [1.807, 2.05) is 0 Å². The highest BCUT2D eigenvalue weighted by Crippen LogP contribution is 2.26. The normalized spacial score (nSPS) is 12.3. The summed E-state index contributed by atoms with van der Waals surface area (Å²) >= 11 is 0. The average Bonchev–Trinajstić information content (AvgIpc) is 2.38. The van der Waals surface area contributed by atoms with Crippen LogP contribution in [0.2, 0.25) is 0 Å². The molecule has 0 aliphatic heterocycles. The molecule has 0 aliphatic carbocycles. The number of carboxylic acid groups (broad SMARTS) is 1. The molecule has 1 heterocycles. The number of ether oxygens (including phenoxy) is 1. The van der Waals surface area contributed by atoms with Crippen LogP contribution in [0.4, 0.5) is 0 Å². The fourth-order valence-corrected chi connectivity index (χ4v) is 1.96. The van der Waals surface area contributed by atoms with Crippen LogP contribution in [0.1, 0.15) is 5.56 Å². The zero-order chi connectivity index (χ0) is 14.0. The highest BCUT2D eigenvalue weighted by Gasteiger charge is 2.15. The number of hydrogen-bond acceptors (Lipinski definition) is 4. The molecule has 2 rings (SSSR count). The lowest BCUT2D eigenvalue weighted by Gasteiger charge is -2.12. The summed E-state index contributed by atoms with van der Waals surface area (Å²) in [5, 5.41) is 9.58. The summed E-state index contributed by atoms with van der Waals surface area (Å²) in [7, 11) is 1.50. The van der Waals surface area contributed by atoms with Gasteiger partial charge in [0.05, 0.1) is 12.6 Å². The number of aliphatic carboxylic acids is 1. The fraction of sp³-hybridized carbons (Fsp3) is 0.231. The third-order valence-electron chi connectivity index (χ3n) is 2.92. The number of carbonyl (C=O) groups is 1. The van der Waals surface area contributed by atoms with Crippen molar-refractivity contribution >= 4 is 16.9 Å². The van der Waals surface area contributed by atoms with E-state index in [9.17, 15) is 9.59 Å². The van der Waals surface area contributed by atoms with Crippen LogP contribution in [-0.2, 0) is 11.2 Å². The molecule has 19 heavy (non-hydrogen) atoms. The molecular formula is C13H14N2O4. The predicted molar refractivity (Wildman–Crippen MR) is 70.4 cm³/mol. The lowest BCUT2D eigenvalue weighted by Crippen LogP contribution is -2.32.